The molecule has 5 heteroatoms. The highest BCUT2D eigenvalue weighted by molar-refractivity contribution is 5.85. The van der Waals surface area contributed by atoms with Gasteiger partial charge in [0, 0.05) is 18.7 Å². The van der Waals surface area contributed by atoms with Crippen molar-refractivity contribution in [3.63, 3.8) is 0 Å². The summed E-state index contributed by atoms with van der Waals surface area (Å²) >= 11 is 0. The van der Waals surface area contributed by atoms with E-state index in [4.69, 9.17) is 10.2 Å². The third kappa shape index (κ3) is 2.07. The predicted octanol–water partition coefficient (Wildman–Crippen LogP) is 2.57. The van der Waals surface area contributed by atoms with E-state index in [-0.39, 0.29) is 0 Å². The van der Waals surface area contributed by atoms with Gasteiger partial charge in [-0.3, -0.25) is 4.98 Å². The number of nitrogens with zero attached hydrogens (tertiary/aromatic N) is 1. The number of fused-ring (bicyclic) bond motifs is 1. The Bertz CT molecular complexity index is 688. The topological polar surface area (TPSA) is 75.3 Å². The van der Waals surface area contributed by atoms with Gasteiger partial charge in [-0.2, -0.15) is 0 Å². The number of aromatic nitrogens is 1. The van der Waals surface area contributed by atoms with Crippen molar-refractivity contribution in [2.45, 2.75) is 33.2 Å². The maximum absolute atomic E-state index is 11.3. The van der Waals surface area contributed by atoms with Gasteiger partial charge in [-0.25, -0.2) is 4.79 Å². The lowest BCUT2D eigenvalue weighted by Gasteiger charge is -2.43. The number of nitrogens with two attached hydrogens (primary N) is 1. The van der Waals surface area contributed by atoms with E-state index in [1.807, 2.05) is 6.07 Å². The molecule has 0 amide bonds. The molecule has 3 N–H and O–H groups in total. The molecule has 1 aromatic carbocycles. The number of oxazole rings is 1. The number of rotatable bonds is 1. The molecule has 1 fully saturated rings. The van der Waals surface area contributed by atoms with Crippen molar-refractivity contribution in [3.8, 4) is 0 Å². The van der Waals surface area contributed by atoms with Crippen LogP contribution in [0.5, 0.6) is 0 Å². The molecule has 0 saturated carbocycles. The van der Waals surface area contributed by atoms with Gasteiger partial charge < -0.3 is 15.1 Å². The molecule has 0 bridgehead atoms. The van der Waals surface area contributed by atoms with E-state index in [0.29, 0.717) is 34.7 Å². The Morgan fingerprint density at radius 1 is 1.35 bits per heavy atom. The summed E-state index contributed by atoms with van der Waals surface area (Å²) in [6, 6.07) is 4.10. The number of aromatic amines is 1. The van der Waals surface area contributed by atoms with E-state index in [0.717, 1.165) is 12.2 Å². The second-order valence-electron chi connectivity index (χ2n) is 6.13. The second-order valence-corrected chi connectivity index (χ2v) is 6.13. The molecule has 3 unspecified atom stereocenters. The molecule has 0 aliphatic carbocycles. The van der Waals surface area contributed by atoms with E-state index < -0.39 is 5.76 Å². The number of piperidine rings is 1. The highest BCUT2D eigenvalue weighted by Gasteiger charge is 2.30. The predicted molar refractivity (Wildman–Crippen MR) is 81.0 cm³/mol. The molecule has 20 heavy (non-hydrogen) atoms. The number of hydrogen-bond donors (Lipinski definition) is 2. The van der Waals surface area contributed by atoms with Gasteiger partial charge in [0.15, 0.2) is 5.58 Å². The second kappa shape index (κ2) is 4.58. The van der Waals surface area contributed by atoms with Gasteiger partial charge in [-0.05, 0) is 31.2 Å². The molecule has 3 rings (SSSR count). The Morgan fingerprint density at radius 3 is 2.85 bits per heavy atom. The number of H-pyrrole nitrogens is 1. The van der Waals surface area contributed by atoms with Crippen molar-refractivity contribution >= 4 is 22.5 Å². The standard InChI is InChI=1S/C15H21N3O2/c1-8-4-9(2)10(3)18(7-8)13-6-12-14(5-11(13)16)20-15(19)17-12/h5-6,8-10H,4,7,16H2,1-3H3,(H,17,19). The maximum atomic E-state index is 11.3. The van der Waals surface area contributed by atoms with Crippen LogP contribution in [0.3, 0.4) is 0 Å². The fourth-order valence-electron chi connectivity index (χ4n) is 3.28. The van der Waals surface area contributed by atoms with Crippen LogP contribution < -0.4 is 16.4 Å². The first-order valence-corrected chi connectivity index (χ1v) is 7.14. The largest absolute Gasteiger partial charge is 0.417 e. The summed E-state index contributed by atoms with van der Waals surface area (Å²) < 4.78 is 5.05. The Hall–Kier alpha value is -1.91. The van der Waals surface area contributed by atoms with E-state index in [2.05, 4.69) is 30.7 Å². The minimum atomic E-state index is -0.440. The van der Waals surface area contributed by atoms with Crippen LogP contribution in [0, 0.1) is 11.8 Å². The summed E-state index contributed by atoms with van der Waals surface area (Å²) in [5.41, 5.74) is 9.03. The lowest BCUT2D eigenvalue weighted by atomic mass is 9.85. The monoisotopic (exact) mass is 275 g/mol. The Balaban J connectivity index is 2.08. The zero-order valence-electron chi connectivity index (χ0n) is 12.1. The van der Waals surface area contributed by atoms with Crippen LogP contribution in [0.1, 0.15) is 27.2 Å². The molecule has 0 radical (unpaired) electrons. The maximum Gasteiger partial charge on any atom is 0.417 e. The molecule has 0 spiro atoms. The van der Waals surface area contributed by atoms with Gasteiger partial charge in [0.1, 0.15) is 0 Å². The van der Waals surface area contributed by atoms with E-state index in [1.165, 1.54) is 6.42 Å². The van der Waals surface area contributed by atoms with Gasteiger partial charge in [0.2, 0.25) is 0 Å². The summed E-state index contributed by atoms with van der Waals surface area (Å²) in [5.74, 6) is 0.821. The molecule has 2 heterocycles. The van der Waals surface area contributed by atoms with Crippen LogP contribution >= 0.6 is 0 Å². The molecular formula is C15H21N3O2. The van der Waals surface area contributed by atoms with Crippen LogP contribution in [0.2, 0.25) is 0 Å². The van der Waals surface area contributed by atoms with E-state index in [1.54, 1.807) is 6.07 Å². The molecule has 1 aliphatic rings. The van der Waals surface area contributed by atoms with Crippen LogP contribution in [0.25, 0.3) is 11.1 Å². The Morgan fingerprint density at radius 2 is 2.10 bits per heavy atom. The van der Waals surface area contributed by atoms with Gasteiger partial charge in [-0.1, -0.05) is 13.8 Å². The average Bonchev–Trinajstić information content (AvgIpc) is 2.72. The number of anilines is 2. The van der Waals surface area contributed by atoms with Crippen molar-refractivity contribution in [1.82, 2.24) is 4.98 Å². The van der Waals surface area contributed by atoms with Crippen LogP contribution in [-0.2, 0) is 0 Å². The number of nitrogens with one attached hydrogen (secondary N) is 1. The minimum Gasteiger partial charge on any atom is -0.408 e. The highest BCUT2D eigenvalue weighted by atomic mass is 16.4. The molecular weight excluding hydrogens is 254 g/mol. The molecule has 1 saturated heterocycles. The summed E-state index contributed by atoms with van der Waals surface area (Å²) in [6.45, 7) is 7.77. The first-order chi connectivity index (χ1) is 9.45. The van der Waals surface area contributed by atoms with Crippen molar-refractivity contribution in [2.24, 2.45) is 11.8 Å². The normalized spacial score (nSPS) is 27.1. The Kier molecular flexibility index (Phi) is 3.00. The van der Waals surface area contributed by atoms with Crippen molar-refractivity contribution < 1.29 is 4.42 Å². The van der Waals surface area contributed by atoms with Gasteiger partial charge in [0.25, 0.3) is 0 Å². The quantitative estimate of drug-likeness (QED) is 0.784. The first-order valence-electron chi connectivity index (χ1n) is 7.14. The summed E-state index contributed by atoms with van der Waals surface area (Å²) in [5, 5.41) is 0. The summed E-state index contributed by atoms with van der Waals surface area (Å²) in [7, 11) is 0. The van der Waals surface area contributed by atoms with Crippen LogP contribution in [-0.4, -0.2) is 17.6 Å². The number of hydrogen-bond acceptors (Lipinski definition) is 4. The molecule has 1 aromatic heterocycles. The van der Waals surface area contributed by atoms with Crippen molar-refractivity contribution in [1.29, 1.82) is 0 Å². The van der Waals surface area contributed by atoms with E-state index in [9.17, 15) is 4.79 Å². The smallest absolute Gasteiger partial charge is 0.408 e. The third-order valence-corrected chi connectivity index (χ3v) is 4.48. The molecule has 1 aliphatic heterocycles. The Labute approximate surface area is 117 Å². The zero-order chi connectivity index (χ0) is 14.4. The SMILES string of the molecule is CC1CC(C)C(C)N(c2cc3[nH]c(=O)oc3cc2N)C1. The third-order valence-electron chi connectivity index (χ3n) is 4.48. The number of nitrogen functional groups attached to an aromatic ring is 1. The highest BCUT2D eigenvalue weighted by Crippen LogP contribution is 2.35. The minimum absolute atomic E-state index is 0.435. The number of benzene rings is 1. The lowest BCUT2D eigenvalue weighted by molar-refractivity contribution is 0.297. The van der Waals surface area contributed by atoms with Crippen molar-refractivity contribution in [3.05, 3.63) is 22.7 Å². The van der Waals surface area contributed by atoms with Crippen molar-refractivity contribution in [2.75, 3.05) is 17.2 Å². The molecule has 108 valence electrons. The van der Waals surface area contributed by atoms with Crippen LogP contribution in [0.15, 0.2) is 21.3 Å². The summed E-state index contributed by atoms with van der Waals surface area (Å²) in [4.78, 5) is 16.3. The molecule has 5 nitrogen and oxygen atoms in total. The lowest BCUT2D eigenvalue weighted by Crippen LogP contribution is -2.46. The molecule has 2 aromatic rings. The molecule has 3 atom stereocenters. The first kappa shape index (κ1) is 13.1. The zero-order valence-corrected chi connectivity index (χ0v) is 12.1. The van der Waals surface area contributed by atoms with Crippen LogP contribution in [0.4, 0.5) is 11.4 Å². The van der Waals surface area contributed by atoms with Gasteiger partial charge in [-0.15, -0.1) is 0 Å². The fraction of sp³-hybridized carbons (Fsp3) is 0.533. The van der Waals surface area contributed by atoms with Gasteiger partial charge >= 0.3 is 5.76 Å². The van der Waals surface area contributed by atoms with E-state index >= 15 is 0 Å². The fourth-order valence-corrected chi connectivity index (χ4v) is 3.28. The summed E-state index contributed by atoms with van der Waals surface area (Å²) in [6.07, 6.45) is 1.24. The van der Waals surface area contributed by atoms with Gasteiger partial charge in [0.05, 0.1) is 16.9 Å². The average molecular weight is 275 g/mol.